The summed E-state index contributed by atoms with van der Waals surface area (Å²) >= 11 is 0. The zero-order valence-corrected chi connectivity index (χ0v) is 19.1. The van der Waals surface area contributed by atoms with E-state index in [4.69, 9.17) is 4.74 Å². The molecule has 0 aromatic heterocycles. The lowest BCUT2D eigenvalue weighted by Crippen LogP contribution is -2.46. The number of carbonyl (C=O) groups excluding carboxylic acids is 2. The first kappa shape index (κ1) is 23.3. The van der Waals surface area contributed by atoms with Gasteiger partial charge in [-0.2, -0.15) is 0 Å². The second-order valence-electron chi connectivity index (χ2n) is 9.17. The van der Waals surface area contributed by atoms with E-state index in [0.717, 1.165) is 56.5 Å². The average molecular weight is 453 g/mol. The number of carbonyl (C=O) groups is 2. The molecule has 0 saturated carbocycles. The predicted octanol–water partition coefficient (Wildman–Crippen LogP) is 4.31. The van der Waals surface area contributed by atoms with Crippen LogP contribution in [0.3, 0.4) is 0 Å². The quantitative estimate of drug-likeness (QED) is 0.629. The van der Waals surface area contributed by atoms with Crippen LogP contribution in [0.5, 0.6) is 5.75 Å². The molecular weight excluding hydrogens is 419 g/mol. The van der Waals surface area contributed by atoms with Gasteiger partial charge in [-0.3, -0.25) is 9.59 Å². The molecule has 0 bridgehead atoms. The Morgan fingerprint density at radius 2 is 1.58 bits per heavy atom. The number of piperidine rings is 2. The first-order valence-electron chi connectivity index (χ1n) is 12.1. The van der Waals surface area contributed by atoms with Gasteiger partial charge in [-0.1, -0.05) is 30.3 Å². The van der Waals surface area contributed by atoms with Crippen molar-refractivity contribution in [2.45, 2.75) is 38.5 Å². The molecule has 2 fully saturated rings. The minimum atomic E-state index is -0.186. The van der Waals surface area contributed by atoms with Gasteiger partial charge >= 0.3 is 0 Å². The zero-order chi connectivity index (χ0) is 23.0. The molecule has 0 aliphatic carbocycles. The Kier molecular flexibility index (Phi) is 7.97. The standard InChI is InChI=1S/C27H33FN2O3/c28-24-6-4-5-22(20-24)19-21-9-14-30(15-10-21)27(32)23-11-16-29(17-12-23)26(31)13-18-33-25-7-2-1-3-8-25/h1-8,20-21,23H,9-19H2. The highest BCUT2D eigenvalue weighted by molar-refractivity contribution is 5.80. The molecule has 2 heterocycles. The summed E-state index contributed by atoms with van der Waals surface area (Å²) in [5, 5.41) is 0. The molecule has 4 rings (SSSR count). The number of nitrogens with zero attached hydrogens (tertiary/aromatic N) is 2. The zero-order valence-electron chi connectivity index (χ0n) is 19.1. The third kappa shape index (κ3) is 6.56. The highest BCUT2D eigenvalue weighted by atomic mass is 19.1. The monoisotopic (exact) mass is 452 g/mol. The van der Waals surface area contributed by atoms with Gasteiger partial charge in [-0.25, -0.2) is 4.39 Å². The van der Waals surface area contributed by atoms with Crippen LogP contribution in [0, 0.1) is 17.7 Å². The SMILES string of the molecule is O=C(CCOc1ccccc1)N1CCC(C(=O)N2CCC(Cc3cccc(F)c3)CC2)CC1. The number of ether oxygens (including phenoxy) is 1. The third-order valence-corrected chi connectivity index (χ3v) is 6.86. The Bertz CT molecular complexity index is 920. The van der Waals surface area contributed by atoms with E-state index in [2.05, 4.69) is 0 Å². The smallest absolute Gasteiger partial charge is 0.225 e. The van der Waals surface area contributed by atoms with Crippen LogP contribution in [0.4, 0.5) is 4.39 Å². The Morgan fingerprint density at radius 1 is 0.879 bits per heavy atom. The molecule has 2 aliphatic heterocycles. The number of rotatable bonds is 7. The van der Waals surface area contributed by atoms with E-state index in [1.165, 1.54) is 6.07 Å². The van der Waals surface area contributed by atoms with Crippen LogP contribution in [-0.4, -0.2) is 54.4 Å². The van der Waals surface area contributed by atoms with Gasteiger partial charge in [0.25, 0.3) is 0 Å². The second-order valence-corrected chi connectivity index (χ2v) is 9.17. The summed E-state index contributed by atoms with van der Waals surface area (Å²) in [4.78, 5) is 29.4. The lowest BCUT2D eigenvalue weighted by atomic mass is 9.88. The van der Waals surface area contributed by atoms with Crippen molar-refractivity contribution < 1.29 is 18.7 Å². The van der Waals surface area contributed by atoms with Gasteiger partial charge < -0.3 is 14.5 Å². The van der Waals surface area contributed by atoms with E-state index >= 15 is 0 Å². The number of halogens is 1. The van der Waals surface area contributed by atoms with Gasteiger partial charge in [0.15, 0.2) is 0 Å². The van der Waals surface area contributed by atoms with Crippen molar-refractivity contribution >= 4 is 11.8 Å². The Labute approximate surface area is 195 Å². The molecule has 6 heteroatoms. The predicted molar refractivity (Wildman–Crippen MR) is 125 cm³/mol. The molecule has 2 saturated heterocycles. The van der Waals surface area contributed by atoms with Crippen molar-refractivity contribution in [1.82, 2.24) is 9.80 Å². The summed E-state index contributed by atoms with van der Waals surface area (Å²) < 4.78 is 19.1. The molecule has 2 aliphatic rings. The van der Waals surface area contributed by atoms with Crippen LogP contribution in [0.15, 0.2) is 54.6 Å². The first-order chi connectivity index (χ1) is 16.1. The number of amides is 2. The minimum Gasteiger partial charge on any atom is -0.493 e. The fourth-order valence-electron chi connectivity index (χ4n) is 4.92. The Morgan fingerprint density at radius 3 is 2.27 bits per heavy atom. The van der Waals surface area contributed by atoms with Crippen molar-refractivity contribution in [3.8, 4) is 5.75 Å². The summed E-state index contributed by atoms with van der Waals surface area (Å²) in [6, 6.07) is 16.3. The normalized spacial score (nSPS) is 17.7. The minimum absolute atomic E-state index is 0.00869. The van der Waals surface area contributed by atoms with E-state index in [1.54, 1.807) is 12.1 Å². The lowest BCUT2D eigenvalue weighted by molar-refractivity contribution is -0.142. The fraction of sp³-hybridized carbons (Fsp3) is 0.481. The third-order valence-electron chi connectivity index (χ3n) is 6.86. The van der Waals surface area contributed by atoms with E-state index in [1.807, 2.05) is 46.2 Å². The van der Waals surface area contributed by atoms with Crippen molar-refractivity contribution in [3.05, 3.63) is 66.0 Å². The Hall–Kier alpha value is -2.89. The molecule has 0 N–H and O–H groups in total. The number of likely N-dealkylation sites (tertiary alicyclic amines) is 2. The van der Waals surface area contributed by atoms with Gasteiger partial charge in [0.05, 0.1) is 13.0 Å². The average Bonchev–Trinajstić information content (AvgIpc) is 2.85. The first-order valence-corrected chi connectivity index (χ1v) is 12.1. The molecule has 33 heavy (non-hydrogen) atoms. The number of hydrogen-bond donors (Lipinski definition) is 0. The van der Waals surface area contributed by atoms with Crippen molar-refractivity contribution in [1.29, 1.82) is 0 Å². The second kappa shape index (κ2) is 11.3. The van der Waals surface area contributed by atoms with Crippen molar-refractivity contribution in [2.24, 2.45) is 11.8 Å². The topological polar surface area (TPSA) is 49.9 Å². The molecular formula is C27H33FN2O3. The summed E-state index contributed by atoms with van der Waals surface area (Å²) in [5.41, 5.74) is 1.03. The maximum Gasteiger partial charge on any atom is 0.225 e. The maximum absolute atomic E-state index is 13.4. The van der Waals surface area contributed by atoms with Crippen LogP contribution in [-0.2, 0) is 16.0 Å². The lowest BCUT2D eigenvalue weighted by Gasteiger charge is -2.37. The summed E-state index contributed by atoms with van der Waals surface area (Å²) in [5.74, 6) is 1.42. The van der Waals surface area contributed by atoms with E-state index in [0.29, 0.717) is 32.0 Å². The van der Waals surface area contributed by atoms with Crippen LogP contribution < -0.4 is 4.74 Å². The number of para-hydroxylation sites is 1. The molecule has 5 nitrogen and oxygen atoms in total. The highest BCUT2D eigenvalue weighted by Gasteiger charge is 2.32. The molecule has 0 spiro atoms. The van der Waals surface area contributed by atoms with E-state index in [-0.39, 0.29) is 23.5 Å². The summed E-state index contributed by atoms with van der Waals surface area (Å²) in [7, 11) is 0. The van der Waals surface area contributed by atoms with Crippen LogP contribution in [0.2, 0.25) is 0 Å². The number of benzene rings is 2. The molecule has 0 unspecified atom stereocenters. The van der Waals surface area contributed by atoms with Gasteiger partial charge in [-0.15, -0.1) is 0 Å². The molecule has 176 valence electrons. The number of hydrogen-bond acceptors (Lipinski definition) is 3. The molecule has 2 aromatic rings. The molecule has 0 radical (unpaired) electrons. The van der Waals surface area contributed by atoms with Crippen LogP contribution >= 0.6 is 0 Å². The van der Waals surface area contributed by atoms with Crippen molar-refractivity contribution in [3.63, 3.8) is 0 Å². The van der Waals surface area contributed by atoms with Crippen molar-refractivity contribution in [2.75, 3.05) is 32.8 Å². The van der Waals surface area contributed by atoms with Gasteiger partial charge in [-0.05, 0) is 67.9 Å². The van der Waals surface area contributed by atoms with Gasteiger partial charge in [0.2, 0.25) is 11.8 Å². The van der Waals surface area contributed by atoms with Gasteiger partial charge in [0.1, 0.15) is 11.6 Å². The van der Waals surface area contributed by atoms with Crippen LogP contribution in [0.25, 0.3) is 0 Å². The molecule has 0 atom stereocenters. The maximum atomic E-state index is 13.4. The summed E-state index contributed by atoms with van der Waals surface area (Å²) in [6.45, 7) is 3.18. The molecule has 2 aromatic carbocycles. The van der Waals surface area contributed by atoms with Crippen LogP contribution in [0.1, 0.15) is 37.7 Å². The van der Waals surface area contributed by atoms with E-state index in [9.17, 15) is 14.0 Å². The summed E-state index contributed by atoms with van der Waals surface area (Å²) in [6.07, 6.45) is 4.60. The molecule has 2 amide bonds. The largest absolute Gasteiger partial charge is 0.493 e. The fourth-order valence-corrected chi connectivity index (χ4v) is 4.92. The van der Waals surface area contributed by atoms with Gasteiger partial charge in [0, 0.05) is 32.1 Å². The van der Waals surface area contributed by atoms with E-state index < -0.39 is 0 Å². The highest BCUT2D eigenvalue weighted by Crippen LogP contribution is 2.26. The Balaban J connectivity index is 1.15.